The molecule has 0 fully saturated rings. The SMILES string of the molecule is CC(C)(C)OC(=O)N1CCc2c(n(CCOc3ccc(F)cc3)c3ccc(Cl)c(Cl)c23)CC1. The van der Waals surface area contributed by atoms with Gasteiger partial charge in [0.05, 0.1) is 22.1 Å². The highest BCUT2D eigenvalue weighted by atomic mass is 35.5. The van der Waals surface area contributed by atoms with Crippen LogP contribution in [0, 0.1) is 5.82 Å². The number of carbonyl (C=O) groups is 1. The molecule has 1 amide bonds. The van der Waals surface area contributed by atoms with Crippen LogP contribution in [0.4, 0.5) is 9.18 Å². The van der Waals surface area contributed by atoms with Gasteiger partial charge in [0.1, 0.15) is 23.8 Å². The third-order valence-electron chi connectivity index (χ3n) is 5.64. The molecule has 0 bridgehead atoms. The summed E-state index contributed by atoms with van der Waals surface area (Å²) in [5, 5.41) is 1.95. The topological polar surface area (TPSA) is 43.7 Å². The molecule has 0 spiro atoms. The number of aromatic nitrogens is 1. The van der Waals surface area contributed by atoms with Gasteiger partial charge in [-0.25, -0.2) is 9.18 Å². The molecule has 33 heavy (non-hydrogen) atoms. The standard InChI is InChI=1S/C25H27Cl2FN2O3/c1-25(2,3)33-24(31)29-12-10-18-20(11-13-29)30(21-9-8-19(26)23(27)22(18)21)14-15-32-17-6-4-16(28)5-7-17/h4-9H,10-15H2,1-3H3. The maximum Gasteiger partial charge on any atom is 0.410 e. The largest absolute Gasteiger partial charge is 0.492 e. The molecule has 0 radical (unpaired) electrons. The molecule has 8 heteroatoms. The summed E-state index contributed by atoms with van der Waals surface area (Å²) in [4.78, 5) is 14.4. The number of amides is 1. The van der Waals surface area contributed by atoms with E-state index in [0.29, 0.717) is 54.9 Å². The van der Waals surface area contributed by atoms with Crippen molar-refractivity contribution in [2.24, 2.45) is 0 Å². The number of rotatable bonds is 4. The minimum absolute atomic E-state index is 0.301. The van der Waals surface area contributed by atoms with Gasteiger partial charge in [0.25, 0.3) is 0 Å². The fraction of sp³-hybridized carbons (Fsp3) is 0.400. The average Bonchev–Trinajstić information content (AvgIpc) is 2.89. The minimum Gasteiger partial charge on any atom is -0.492 e. The van der Waals surface area contributed by atoms with Crippen LogP contribution >= 0.6 is 23.2 Å². The van der Waals surface area contributed by atoms with Gasteiger partial charge in [-0.2, -0.15) is 0 Å². The quantitative estimate of drug-likeness (QED) is 0.417. The van der Waals surface area contributed by atoms with Gasteiger partial charge >= 0.3 is 6.09 Å². The Hall–Kier alpha value is -2.44. The number of fused-ring (bicyclic) bond motifs is 3. The first kappa shape index (κ1) is 23.7. The summed E-state index contributed by atoms with van der Waals surface area (Å²) in [5.41, 5.74) is 2.66. The maximum atomic E-state index is 13.2. The van der Waals surface area contributed by atoms with Crippen molar-refractivity contribution in [2.45, 2.75) is 45.8 Å². The number of halogens is 3. The van der Waals surface area contributed by atoms with Crippen LogP contribution in [-0.2, 0) is 24.1 Å². The zero-order valence-electron chi connectivity index (χ0n) is 19.0. The van der Waals surface area contributed by atoms with Gasteiger partial charge in [-0.15, -0.1) is 0 Å². The molecule has 4 rings (SSSR count). The lowest BCUT2D eigenvalue weighted by atomic mass is 10.1. The molecular weight excluding hydrogens is 466 g/mol. The third kappa shape index (κ3) is 5.22. The van der Waals surface area contributed by atoms with Gasteiger partial charge in [-0.1, -0.05) is 23.2 Å². The molecule has 0 saturated carbocycles. The van der Waals surface area contributed by atoms with Crippen LogP contribution in [0.5, 0.6) is 5.75 Å². The van der Waals surface area contributed by atoms with Crippen LogP contribution in [0.15, 0.2) is 36.4 Å². The highest BCUT2D eigenvalue weighted by Gasteiger charge is 2.28. The Morgan fingerprint density at radius 1 is 1.06 bits per heavy atom. The predicted octanol–water partition coefficient (Wildman–Crippen LogP) is 6.50. The lowest BCUT2D eigenvalue weighted by Gasteiger charge is -2.26. The Kier molecular flexibility index (Phi) is 6.78. The number of hydrogen-bond acceptors (Lipinski definition) is 3. The van der Waals surface area contributed by atoms with Crippen LogP contribution < -0.4 is 4.74 Å². The molecule has 0 atom stereocenters. The normalized spacial score (nSPS) is 14.2. The van der Waals surface area contributed by atoms with E-state index < -0.39 is 5.60 Å². The van der Waals surface area contributed by atoms with Gasteiger partial charge in [0.2, 0.25) is 0 Å². The van der Waals surface area contributed by atoms with Crippen LogP contribution in [-0.4, -0.2) is 40.9 Å². The number of ether oxygens (including phenoxy) is 2. The number of benzene rings is 2. The first-order chi connectivity index (χ1) is 15.6. The summed E-state index contributed by atoms with van der Waals surface area (Å²) in [5.74, 6) is 0.307. The monoisotopic (exact) mass is 492 g/mol. The highest BCUT2D eigenvalue weighted by molar-refractivity contribution is 6.45. The van der Waals surface area contributed by atoms with Crippen molar-refractivity contribution in [3.8, 4) is 5.75 Å². The van der Waals surface area contributed by atoms with Gasteiger partial charge in [-0.3, -0.25) is 0 Å². The molecule has 2 aromatic carbocycles. The first-order valence-corrected chi connectivity index (χ1v) is 11.7. The molecule has 0 aliphatic carbocycles. The Morgan fingerprint density at radius 3 is 2.45 bits per heavy atom. The molecule has 1 aromatic heterocycles. The third-order valence-corrected chi connectivity index (χ3v) is 6.44. The average molecular weight is 493 g/mol. The fourth-order valence-electron chi connectivity index (χ4n) is 4.21. The van der Waals surface area contributed by atoms with E-state index in [9.17, 15) is 9.18 Å². The van der Waals surface area contributed by atoms with Crippen LogP contribution in [0.2, 0.25) is 10.0 Å². The van der Waals surface area contributed by atoms with Crippen molar-refractivity contribution in [2.75, 3.05) is 19.7 Å². The van der Waals surface area contributed by atoms with Gasteiger partial charge in [0.15, 0.2) is 0 Å². The second-order valence-corrected chi connectivity index (χ2v) is 9.89. The summed E-state index contributed by atoms with van der Waals surface area (Å²) in [6.45, 7) is 7.65. The van der Waals surface area contributed by atoms with Crippen LogP contribution in [0.25, 0.3) is 10.9 Å². The lowest BCUT2D eigenvalue weighted by Crippen LogP contribution is -2.38. The van der Waals surface area contributed by atoms with Gasteiger partial charge in [0, 0.05) is 30.6 Å². The Morgan fingerprint density at radius 2 is 1.76 bits per heavy atom. The number of hydrogen-bond donors (Lipinski definition) is 0. The van der Waals surface area contributed by atoms with E-state index in [-0.39, 0.29) is 11.9 Å². The minimum atomic E-state index is -0.549. The highest BCUT2D eigenvalue weighted by Crippen LogP contribution is 2.38. The van der Waals surface area contributed by atoms with Crippen molar-refractivity contribution in [3.05, 3.63) is 63.5 Å². The number of carbonyl (C=O) groups excluding carboxylic acids is 1. The zero-order chi connectivity index (χ0) is 23.8. The van der Waals surface area contributed by atoms with Gasteiger partial charge in [-0.05, 0) is 69.2 Å². The molecular formula is C25H27Cl2FN2O3. The molecule has 3 aromatic rings. The summed E-state index contributed by atoms with van der Waals surface area (Å²) in [7, 11) is 0. The Bertz CT molecular complexity index is 1170. The van der Waals surface area contributed by atoms with E-state index in [4.69, 9.17) is 32.7 Å². The summed E-state index contributed by atoms with van der Waals surface area (Å²) < 4.78 is 26.8. The molecule has 176 valence electrons. The van der Waals surface area contributed by atoms with E-state index in [1.165, 1.54) is 12.1 Å². The summed E-state index contributed by atoms with van der Waals surface area (Å²) >= 11 is 13.0. The van der Waals surface area contributed by atoms with Crippen LogP contribution in [0.3, 0.4) is 0 Å². The number of nitrogens with zero attached hydrogens (tertiary/aromatic N) is 2. The van der Waals surface area contributed by atoms with Gasteiger partial charge < -0.3 is 18.9 Å². The van der Waals surface area contributed by atoms with Crippen molar-refractivity contribution < 1.29 is 18.7 Å². The van der Waals surface area contributed by atoms with E-state index in [2.05, 4.69) is 4.57 Å². The van der Waals surface area contributed by atoms with E-state index in [1.54, 1.807) is 23.1 Å². The maximum absolute atomic E-state index is 13.2. The van der Waals surface area contributed by atoms with Crippen LogP contribution in [0.1, 0.15) is 32.0 Å². The molecule has 1 aliphatic rings. The fourth-order valence-corrected chi connectivity index (χ4v) is 4.64. The van der Waals surface area contributed by atoms with Crippen molar-refractivity contribution in [1.82, 2.24) is 9.47 Å². The zero-order valence-corrected chi connectivity index (χ0v) is 20.5. The first-order valence-electron chi connectivity index (χ1n) is 11.0. The van der Waals surface area contributed by atoms with Crippen molar-refractivity contribution in [1.29, 1.82) is 0 Å². The summed E-state index contributed by atoms with van der Waals surface area (Å²) in [6.07, 6.45) is 0.998. The Balaban J connectivity index is 1.61. The molecule has 0 N–H and O–H groups in total. The molecule has 1 aliphatic heterocycles. The van der Waals surface area contributed by atoms with Crippen molar-refractivity contribution >= 4 is 40.2 Å². The second kappa shape index (κ2) is 9.43. The molecule has 2 heterocycles. The van der Waals surface area contributed by atoms with E-state index in [0.717, 1.165) is 22.2 Å². The molecule has 0 unspecified atom stereocenters. The molecule has 5 nitrogen and oxygen atoms in total. The van der Waals surface area contributed by atoms with Crippen molar-refractivity contribution in [3.63, 3.8) is 0 Å². The Labute approximate surface area is 203 Å². The molecule has 0 saturated heterocycles. The summed E-state index contributed by atoms with van der Waals surface area (Å²) in [6, 6.07) is 9.74. The second-order valence-electron chi connectivity index (χ2n) is 9.10. The smallest absolute Gasteiger partial charge is 0.410 e. The lowest BCUT2D eigenvalue weighted by molar-refractivity contribution is 0.0258. The van der Waals surface area contributed by atoms with E-state index >= 15 is 0 Å². The van der Waals surface area contributed by atoms with E-state index in [1.807, 2.05) is 26.8 Å². The predicted molar refractivity (Wildman–Crippen MR) is 129 cm³/mol.